The minimum atomic E-state index is 0.0693. The van der Waals surface area contributed by atoms with Crippen molar-refractivity contribution in [2.24, 2.45) is 0 Å². The summed E-state index contributed by atoms with van der Waals surface area (Å²) in [5.74, 6) is 5.96. The number of benzene rings is 1. The van der Waals surface area contributed by atoms with Gasteiger partial charge in [-0.3, -0.25) is 4.79 Å². The molecule has 0 bridgehead atoms. The highest BCUT2D eigenvalue weighted by Gasteiger charge is 1.94. The first kappa shape index (κ1) is 11.3. The number of carbonyl (C=O) groups excluding carboxylic acids is 1. The third kappa shape index (κ3) is 4.87. The molecule has 0 aliphatic carbocycles. The van der Waals surface area contributed by atoms with E-state index in [0.29, 0.717) is 13.0 Å². The summed E-state index contributed by atoms with van der Waals surface area (Å²) in [6, 6.07) is 9.73. The highest BCUT2D eigenvalue weighted by molar-refractivity contribution is 5.76. The van der Waals surface area contributed by atoms with Crippen LogP contribution in [0.1, 0.15) is 25.3 Å². The molecule has 0 fully saturated rings. The zero-order valence-corrected chi connectivity index (χ0v) is 8.92. The fourth-order valence-corrected chi connectivity index (χ4v) is 1.13. The Morgan fingerprint density at radius 3 is 2.73 bits per heavy atom. The van der Waals surface area contributed by atoms with Crippen LogP contribution in [0.25, 0.3) is 0 Å². The van der Waals surface area contributed by atoms with Crippen molar-refractivity contribution >= 4 is 5.91 Å². The molecule has 0 aromatic heterocycles. The van der Waals surface area contributed by atoms with Gasteiger partial charge in [0.25, 0.3) is 0 Å². The lowest BCUT2D eigenvalue weighted by molar-refractivity contribution is -0.120. The number of carbonyl (C=O) groups is 1. The SMILES string of the molecule is CCCC(=O)NCC#Cc1ccccc1. The minimum Gasteiger partial charge on any atom is -0.345 e. The molecule has 1 amide bonds. The first-order valence-electron chi connectivity index (χ1n) is 5.13. The van der Waals surface area contributed by atoms with Crippen LogP contribution in [0.5, 0.6) is 0 Å². The van der Waals surface area contributed by atoms with Gasteiger partial charge in [0.2, 0.25) is 5.91 Å². The number of amides is 1. The molecule has 2 heteroatoms. The summed E-state index contributed by atoms with van der Waals surface area (Å²) in [5, 5.41) is 2.74. The van der Waals surface area contributed by atoms with E-state index in [1.165, 1.54) is 0 Å². The van der Waals surface area contributed by atoms with Gasteiger partial charge in [0.05, 0.1) is 6.54 Å². The first-order chi connectivity index (χ1) is 7.33. The van der Waals surface area contributed by atoms with Crippen LogP contribution < -0.4 is 5.32 Å². The molecule has 0 saturated heterocycles. The van der Waals surface area contributed by atoms with Gasteiger partial charge in [-0.05, 0) is 18.6 Å². The maximum atomic E-state index is 11.1. The molecule has 0 heterocycles. The molecule has 0 unspecified atom stereocenters. The Kier molecular flexibility index (Phi) is 5.03. The number of rotatable bonds is 3. The van der Waals surface area contributed by atoms with E-state index < -0.39 is 0 Å². The zero-order valence-electron chi connectivity index (χ0n) is 8.92. The minimum absolute atomic E-state index is 0.0693. The van der Waals surface area contributed by atoms with Crippen LogP contribution >= 0.6 is 0 Å². The maximum Gasteiger partial charge on any atom is 0.220 e. The molecule has 0 saturated carbocycles. The predicted molar refractivity (Wildman–Crippen MR) is 61.2 cm³/mol. The van der Waals surface area contributed by atoms with Gasteiger partial charge in [-0.2, -0.15) is 0 Å². The molecule has 0 atom stereocenters. The second-order valence-corrected chi connectivity index (χ2v) is 3.19. The Morgan fingerprint density at radius 1 is 1.33 bits per heavy atom. The molecule has 1 N–H and O–H groups in total. The van der Waals surface area contributed by atoms with E-state index in [0.717, 1.165) is 12.0 Å². The van der Waals surface area contributed by atoms with E-state index >= 15 is 0 Å². The molecule has 0 spiro atoms. The molecule has 15 heavy (non-hydrogen) atoms. The van der Waals surface area contributed by atoms with E-state index in [9.17, 15) is 4.79 Å². The molecule has 1 rings (SSSR count). The van der Waals surface area contributed by atoms with Crippen molar-refractivity contribution in [2.45, 2.75) is 19.8 Å². The standard InChI is InChI=1S/C13H15NO/c1-2-7-13(15)14-11-6-10-12-8-4-3-5-9-12/h3-5,8-9H,2,7,11H2,1H3,(H,14,15). The number of hydrogen-bond acceptors (Lipinski definition) is 1. The molecule has 1 aromatic rings. The Morgan fingerprint density at radius 2 is 2.07 bits per heavy atom. The zero-order chi connectivity index (χ0) is 10.9. The highest BCUT2D eigenvalue weighted by Crippen LogP contribution is 1.94. The second kappa shape index (κ2) is 6.67. The van der Waals surface area contributed by atoms with Crippen molar-refractivity contribution in [1.29, 1.82) is 0 Å². The van der Waals surface area contributed by atoms with Crippen LogP contribution in [0, 0.1) is 11.8 Å². The molecule has 1 aromatic carbocycles. The summed E-state index contributed by atoms with van der Waals surface area (Å²) >= 11 is 0. The third-order valence-corrected chi connectivity index (χ3v) is 1.86. The van der Waals surface area contributed by atoms with Crippen LogP contribution in [0.4, 0.5) is 0 Å². The third-order valence-electron chi connectivity index (χ3n) is 1.86. The summed E-state index contributed by atoms with van der Waals surface area (Å²) in [7, 11) is 0. The molecule has 2 nitrogen and oxygen atoms in total. The van der Waals surface area contributed by atoms with Crippen molar-refractivity contribution in [3.63, 3.8) is 0 Å². The summed E-state index contributed by atoms with van der Waals surface area (Å²) in [6.07, 6.45) is 1.45. The van der Waals surface area contributed by atoms with Crippen molar-refractivity contribution in [2.75, 3.05) is 6.54 Å². The van der Waals surface area contributed by atoms with E-state index in [4.69, 9.17) is 0 Å². The fraction of sp³-hybridized carbons (Fsp3) is 0.308. The smallest absolute Gasteiger partial charge is 0.220 e. The first-order valence-corrected chi connectivity index (χ1v) is 5.13. The van der Waals surface area contributed by atoms with Crippen LogP contribution in [-0.4, -0.2) is 12.5 Å². The lowest BCUT2D eigenvalue weighted by Crippen LogP contribution is -2.22. The van der Waals surface area contributed by atoms with E-state index in [1.54, 1.807) is 0 Å². The molecule has 0 aliphatic rings. The fourth-order valence-electron chi connectivity index (χ4n) is 1.13. The molecular weight excluding hydrogens is 186 g/mol. The van der Waals surface area contributed by atoms with Crippen LogP contribution in [0.15, 0.2) is 30.3 Å². The average Bonchev–Trinajstić information content (AvgIpc) is 2.26. The lowest BCUT2D eigenvalue weighted by atomic mass is 10.2. The summed E-state index contributed by atoms with van der Waals surface area (Å²) in [4.78, 5) is 11.1. The van der Waals surface area contributed by atoms with Crippen molar-refractivity contribution < 1.29 is 4.79 Å². The van der Waals surface area contributed by atoms with E-state index in [-0.39, 0.29) is 5.91 Å². The highest BCUT2D eigenvalue weighted by atomic mass is 16.1. The maximum absolute atomic E-state index is 11.1. The monoisotopic (exact) mass is 201 g/mol. The van der Waals surface area contributed by atoms with Gasteiger partial charge in [-0.1, -0.05) is 37.0 Å². The number of nitrogens with one attached hydrogen (secondary N) is 1. The lowest BCUT2D eigenvalue weighted by Gasteiger charge is -1.97. The van der Waals surface area contributed by atoms with Gasteiger partial charge in [-0.25, -0.2) is 0 Å². The van der Waals surface area contributed by atoms with E-state index in [2.05, 4.69) is 17.2 Å². The van der Waals surface area contributed by atoms with Gasteiger partial charge >= 0.3 is 0 Å². The van der Waals surface area contributed by atoms with Crippen LogP contribution in [0.2, 0.25) is 0 Å². The Bertz CT molecular complexity index is 359. The quantitative estimate of drug-likeness (QED) is 0.744. The Balaban J connectivity index is 2.32. The van der Waals surface area contributed by atoms with Gasteiger partial charge in [0.15, 0.2) is 0 Å². The van der Waals surface area contributed by atoms with Crippen LogP contribution in [0.3, 0.4) is 0 Å². The Labute approximate surface area is 90.7 Å². The van der Waals surface area contributed by atoms with Gasteiger partial charge < -0.3 is 5.32 Å². The molecule has 0 aliphatic heterocycles. The topological polar surface area (TPSA) is 29.1 Å². The predicted octanol–water partition coefficient (Wildman–Crippen LogP) is 1.95. The van der Waals surface area contributed by atoms with Gasteiger partial charge in [0.1, 0.15) is 0 Å². The summed E-state index contributed by atoms with van der Waals surface area (Å²) in [5.41, 5.74) is 0.974. The van der Waals surface area contributed by atoms with Gasteiger partial charge in [0, 0.05) is 12.0 Å². The number of hydrogen-bond donors (Lipinski definition) is 1. The van der Waals surface area contributed by atoms with Crippen LogP contribution in [-0.2, 0) is 4.79 Å². The Hall–Kier alpha value is -1.75. The molecular formula is C13H15NO. The largest absolute Gasteiger partial charge is 0.345 e. The molecule has 78 valence electrons. The average molecular weight is 201 g/mol. The summed E-state index contributed by atoms with van der Waals surface area (Å²) in [6.45, 7) is 2.41. The van der Waals surface area contributed by atoms with Crippen molar-refractivity contribution in [1.82, 2.24) is 5.32 Å². The van der Waals surface area contributed by atoms with E-state index in [1.807, 2.05) is 37.3 Å². The second-order valence-electron chi connectivity index (χ2n) is 3.19. The normalized spacial score (nSPS) is 8.87. The van der Waals surface area contributed by atoms with Gasteiger partial charge in [-0.15, -0.1) is 0 Å². The molecule has 0 radical (unpaired) electrons. The summed E-state index contributed by atoms with van der Waals surface area (Å²) < 4.78 is 0. The van der Waals surface area contributed by atoms with Crippen molar-refractivity contribution in [3.8, 4) is 11.8 Å². The van der Waals surface area contributed by atoms with Crippen molar-refractivity contribution in [3.05, 3.63) is 35.9 Å².